The largest absolute Gasteiger partial charge is 0.482 e. The molecule has 0 aromatic heterocycles. The predicted molar refractivity (Wildman–Crippen MR) is 121 cm³/mol. The van der Waals surface area contributed by atoms with Crippen LogP contribution in [0.4, 0.5) is 0 Å². The lowest BCUT2D eigenvalue weighted by Gasteiger charge is -2.29. The molecule has 0 heterocycles. The Kier molecular flexibility index (Phi) is 9.47. The molecular weight excluding hydrogens is 423 g/mol. The monoisotopic (exact) mass is 450 g/mol. The van der Waals surface area contributed by atoms with E-state index in [1.54, 1.807) is 43.3 Å². The van der Waals surface area contributed by atoms with Crippen LogP contribution in [0.1, 0.15) is 32.8 Å². The Labute approximate surface area is 188 Å². The standard InChI is InChI=1S/C23H28Cl2N2O3/c1-16(2)12-13-26-23(29)17(3)27(14-18-8-10-19(24)11-9-18)22(28)15-30-21-7-5-4-6-20(21)25/h4-11,16-17H,12-15H2,1-3H3,(H,26,29)/t17-/m1/s1. The summed E-state index contributed by atoms with van der Waals surface area (Å²) in [6, 6.07) is 13.5. The van der Waals surface area contributed by atoms with Gasteiger partial charge in [-0.2, -0.15) is 0 Å². The third-order valence-corrected chi connectivity index (χ3v) is 5.21. The fourth-order valence-corrected chi connectivity index (χ4v) is 3.10. The van der Waals surface area contributed by atoms with Crippen molar-refractivity contribution in [3.05, 3.63) is 64.1 Å². The van der Waals surface area contributed by atoms with Crippen LogP contribution in [0.3, 0.4) is 0 Å². The van der Waals surface area contributed by atoms with Gasteiger partial charge in [-0.3, -0.25) is 9.59 Å². The average Bonchev–Trinajstić information content (AvgIpc) is 2.71. The van der Waals surface area contributed by atoms with Crippen molar-refractivity contribution >= 4 is 35.0 Å². The highest BCUT2D eigenvalue weighted by Gasteiger charge is 2.26. The molecule has 2 aromatic rings. The van der Waals surface area contributed by atoms with Gasteiger partial charge >= 0.3 is 0 Å². The number of rotatable bonds is 10. The minimum absolute atomic E-state index is 0.198. The van der Waals surface area contributed by atoms with Crippen molar-refractivity contribution in [2.45, 2.75) is 39.8 Å². The molecule has 30 heavy (non-hydrogen) atoms. The van der Waals surface area contributed by atoms with E-state index in [1.807, 2.05) is 12.1 Å². The maximum absolute atomic E-state index is 13.0. The van der Waals surface area contributed by atoms with Gasteiger partial charge in [-0.05, 0) is 49.1 Å². The SMILES string of the molecule is CC(C)CCNC(=O)[C@@H](C)N(Cc1ccc(Cl)cc1)C(=O)COc1ccccc1Cl. The maximum atomic E-state index is 13.0. The molecule has 5 nitrogen and oxygen atoms in total. The van der Waals surface area contributed by atoms with Gasteiger partial charge < -0.3 is 15.0 Å². The van der Waals surface area contributed by atoms with Crippen LogP contribution in [0.2, 0.25) is 10.0 Å². The zero-order valence-corrected chi connectivity index (χ0v) is 19.0. The molecule has 2 amide bonds. The van der Waals surface area contributed by atoms with Crippen molar-refractivity contribution in [2.75, 3.05) is 13.2 Å². The molecule has 0 spiro atoms. The second kappa shape index (κ2) is 11.8. The van der Waals surface area contributed by atoms with Gasteiger partial charge in [-0.25, -0.2) is 0 Å². The van der Waals surface area contributed by atoms with Gasteiger partial charge in [0.25, 0.3) is 5.91 Å². The highest BCUT2D eigenvalue weighted by atomic mass is 35.5. The Morgan fingerprint density at radius 1 is 1.03 bits per heavy atom. The van der Waals surface area contributed by atoms with E-state index in [2.05, 4.69) is 19.2 Å². The first-order valence-corrected chi connectivity index (χ1v) is 10.7. The van der Waals surface area contributed by atoms with E-state index >= 15 is 0 Å². The van der Waals surface area contributed by atoms with E-state index in [9.17, 15) is 9.59 Å². The smallest absolute Gasteiger partial charge is 0.261 e. The number of benzene rings is 2. The first-order chi connectivity index (χ1) is 14.3. The van der Waals surface area contributed by atoms with Gasteiger partial charge in [0.2, 0.25) is 5.91 Å². The van der Waals surface area contributed by atoms with Crippen LogP contribution in [0.15, 0.2) is 48.5 Å². The van der Waals surface area contributed by atoms with Crippen LogP contribution >= 0.6 is 23.2 Å². The molecule has 162 valence electrons. The number of nitrogens with zero attached hydrogens (tertiary/aromatic N) is 1. The lowest BCUT2D eigenvalue weighted by Crippen LogP contribution is -2.49. The minimum Gasteiger partial charge on any atom is -0.482 e. The first-order valence-electron chi connectivity index (χ1n) is 9.97. The van der Waals surface area contributed by atoms with Crippen molar-refractivity contribution in [3.63, 3.8) is 0 Å². The number of ether oxygens (including phenoxy) is 1. The third kappa shape index (κ3) is 7.54. The van der Waals surface area contributed by atoms with Crippen LogP contribution in [0.5, 0.6) is 5.75 Å². The molecule has 0 radical (unpaired) electrons. The molecule has 0 aliphatic rings. The van der Waals surface area contributed by atoms with Gasteiger partial charge in [0.15, 0.2) is 6.61 Å². The number of carbonyl (C=O) groups excluding carboxylic acids is 2. The van der Waals surface area contributed by atoms with Gasteiger partial charge in [0.1, 0.15) is 11.8 Å². The molecule has 0 saturated heterocycles. The Morgan fingerprint density at radius 3 is 2.33 bits per heavy atom. The summed E-state index contributed by atoms with van der Waals surface area (Å²) >= 11 is 12.1. The highest BCUT2D eigenvalue weighted by Crippen LogP contribution is 2.23. The summed E-state index contributed by atoms with van der Waals surface area (Å²) in [6.07, 6.45) is 0.874. The van der Waals surface area contributed by atoms with Crippen molar-refractivity contribution in [3.8, 4) is 5.75 Å². The fraction of sp³-hybridized carbons (Fsp3) is 0.391. The summed E-state index contributed by atoms with van der Waals surface area (Å²) in [6.45, 7) is 6.52. The molecule has 2 rings (SSSR count). The molecule has 0 saturated carbocycles. The van der Waals surface area contributed by atoms with Crippen molar-refractivity contribution in [2.24, 2.45) is 5.92 Å². The molecule has 0 bridgehead atoms. The van der Waals surface area contributed by atoms with E-state index < -0.39 is 6.04 Å². The molecule has 0 aliphatic carbocycles. The normalized spacial score (nSPS) is 11.8. The molecule has 1 atom stereocenters. The molecule has 0 aliphatic heterocycles. The Bertz CT molecular complexity index is 841. The quantitative estimate of drug-likeness (QED) is 0.556. The third-order valence-electron chi connectivity index (χ3n) is 4.64. The van der Waals surface area contributed by atoms with E-state index in [0.29, 0.717) is 28.3 Å². The van der Waals surface area contributed by atoms with Gasteiger partial charge in [0, 0.05) is 18.1 Å². The van der Waals surface area contributed by atoms with E-state index in [0.717, 1.165) is 12.0 Å². The second-order valence-electron chi connectivity index (χ2n) is 7.52. The summed E-state index contributed by atoms with van der Waals surface area (Å²) in [5, 5.41) is 3.95. The summed E-state index contributed by atoms with van der Waals surface area (Å²) in [4.78, 5) is 27.1. The number of hydrogen-bond donors (Lipinski definition) is 1. The van der Waals surface area contributed by atoms with Crippen molar-refractivity contribution < 1.29 is 14.3 Å². The first kappa shape index (κ1) is 24.0. The summed E-state index contributed by atoms with van der Waals surface area (Å²) in [5.41, 5.74) is 0.868. The van der Waals surface area contributed by atoms with Crippen LogP contribution in [-0.2, 0) is 16.1 Å². The molecule has 2 aromatic carbocycles. The van der Waals surface area contributed by atoms with Gasteiger partial charge in [0.05, 0.1) is 5.02 Å². The summed E-state index contributed by atoms with van der Waals surface area (Å²) in [7, 11) is 0. The second-order valence-corrected chi connectivity index (χ2v) is 8.36. The number of amides is 2. The summed E-state index contributed by atoms with van der Waals surface area (Å²) in [5.74, 6) is 0.400. The zero-order valence-electron chi connectivity index (χ0n) is 17.5. The number of para-hydroxylation sites is 1. The van der Waals surface area contributed by atoms with Crippen molar-refractivity contribution in [1.82, 2.24) is 10.2 Å². The number of halogens is 2. The molecular formula is C23H28Cl2N2O3. The maximum Gasteiger partial charge on any atom is 0.261 e. The fourth-order valence-electron chi connectivity index (χ4n) is 2.79. The highest BCUT2D eigenvalue weighted by molar-refractivity contribution is 6.32. The number of hydrogen-bond acceptors (Lipinski definition) is 3. The molecule has 7 heteroatoms. The number of nitrogens with one attached hydrogen (secondary N) is 1. The lowest BCUT2D eigenvalue weighted by atomic mass is 10.1. The van der Waals surface area contributed by atoms with Crippen LogP contribution in [0.25, 0.3) is 0 Å². The zero-order chi connectivity index (χ0) is 22.1. The van der Waals surface area contributed by atoms with E-state index in [1.165, 1.54) is 4.90 Å². The molecule has 0 unspecified atom stereocenters. The van der Waals surface area contributed by atoms with E-state index in [-0.39, 0.29) is 25.0 Å². The van der Waals surface area contributed by atoms with Gasteiger partial charge in [-0.15, -0.1) is 0 Å². The Hall–Kier alpha value is -2.24. The Balaban J connectivity index is 2.10. The van der Waals surface area contributed by atoms with Crippen LogP contribution in [0, 0.1) is 5.92 Å². The minimum atomic E-state index is -0.657. The van der Waals surface area contributed by atoms with E-state index in [4.69, 9.17) is 27.9 Å². The molecule has 1 N–H and O–H groups in total. The van der Waals surface area contributed by atoms with Crippen molar-refractivity contribution in [1.29, 1.82) is 0 Å². The lowest BCUT2D eigenvalue weighted by molar-refractivity contribution is -0.142. The predicted octanol–water partition coefficient (Wildman–Crippen LogP) is 4.95. The number of carbonyl (C=O) groups is 2. The van der Waals surface area contributed by atoms with Crippen LogP contribution in [-0.4, -0.2) is 35.9 Å². The average molecular weight is 451 g/mol. The molecule has 0 fully saturated rings. The Morgan fingerprint density at radius 2 is 1.70 bits per heavy atom. The van der Waals surface area contributed by atoms with Gasteiger partial charge in [-0.1, -0.05) is 61.3 Å². The summed E-state index contributed by atoms with van der Waals surface area (Å²) < 4.78 is 5.60. The van der Waals surface area contributed by atoms with Crippen LogP contribution < -0.4 is 10.1 Å². The topological polar surface area (TPSA) is 58.6 Å².